The summed E-state index contributed by atoms with van der Waals surface area (Å²) in [5.41, 5.74) is 3.10. The quantitative estimate of drug-likeness (QED) is 0.774. The van der Waals surface area contributed by atoms with Gasteiger partial charge in [-0.3, -0.25) is 0 Å². The molecule has 20 heavy (non-hydrogen) atoms. The summed E-state index contributed by atoms with van der Waals surface area (Å²) in [6, 6.07) is 10.1. The van der Waals surface area contributed by atoms with Crippen molar-refractivity contribution in [3.05, 3.63) is 60.8 Å². The van der Waals surface area contributed by atoms with Gasteiger partial charge < -0.3 is 9.72 Å². The Morgan fingerprint density at radius 3 is 2.85 bits per heavy atom. The number of benzene rings is 1. The van der Waals surface area contributed by atoms with Gasteiger partial charge in [0.05, 0.1) is 31.0 Å². The summed E-state index contributed by atoms with van der Waals surface area (Å²) in [6.07, 6.45) is 7.06. The third-order valence-electron chi connectivity index (χ3n) is 3.12. The van der Waals surface area contributed by atoms with E-state index in [1.165, 1.54) is 0 Å². The van der Waals surface area contributed by atoms with Crippen LogP contribution >= 0.6 is 0 Å². The fraction of sp³-hybridized carbons (Fsp3) is 0.200. The zero-order valence-electron chi connectivity index (χ0n) is 11.2. The lowest BCUT2D eigenvalue weighted by molar-refractivity contribution is -0.00405. The number of hydrogen-bond acceptors (Lipinski definition) is 3. The highest BCUT2D eigenvalue weighted by Crippen LogP contribution is 2.18. The number of aromatic amines is 1. The highest BCUT2D eigenvalue weighted by molar-refractivity contribution is 5.55. The first-order valence-electron chi connectivity index (χ1n) is 6.51. The number of imidazole rings is 1. The second-order valence-corrected chi connectivity index (χ2v) is 4.57. The predicted octanol–water partition coefficient (Wildman–Crippen LogP) is 3.01. The molecule has 5 heteroatoms. The highest BCUT2D eigenvalue weighted by atomic mass is 16.5. The van der Waals surface area contributed by atoms with Crippen LogP contribution in [-0.4, -0.2) is 19.7 Å². The molecule has 0 saturated heterocycles. The van der Waals surface area contributed by atoms with Gasteiger partial charge in [-0.25, -0.2) is 9.67 Å². The molecule has 2 aromatic heterocycles. The monoisotopic (exact) mass is 268 g/mol. The summed E-state index contributed by atoms with van der Waals surface area (Å²) < 4.78 is 7.62. The van der Waals surface area contributed by atoms with E-state index >= 15 is 0 Å². The number of H-pyrrole nitrogens is 1. The molecular weight excluding hydrogens is 252 g/mol. The second kappa shape index (κ2) is 5.71. The van der Waals surface area contributed by atoms with E-state index in [0.717, 1.165) is 16.8 Å². The topological polar surface area (TPSA) is 55.7 Å². The van der Waals surface area contributed by atoms with Crippen LogP contribution in [0.3, 0.4) is 0 Å². The number of rotatable bonds is 5. The standard InChI is InChI=1S/C15H16N4O/c1-12(20-10-13-5-3-2-4-6-13)19-9-14(7-18-19)15-8-16-11-17-15/h2-9,11-12H,10H2,1H3,(H,16,17). The van der Waals surface area contributed by atoms with Crippen molar-refractivity contribution in [3.8, 4) is 11.3 Å². The SMILES string of the molecule is CC(OCc1ccccc1)n1cc(-c2cnc[nH]2)cn1. The summed E-state index contributed by atoms with van der Waals surface area (Å²) in [7, 11) is 0. The van der Waals surface area contributed by atoms with Crippen LogP contribution in [0.2, 0.25) is 0 Å². The molecule has 3 aromatic rings. The molecule has 0 amide bonds. The molecule has 0 spiro atoms. The van der Waals surface area contributed by atoms with E-state index in [2.05, 4.69) is 15.1 Å². The molecule has 3 rings (SSSR count). The van der Waals surface area contributed by atoms with Crippen molar-refractivity contribution in [1.82, 2.24) is 19.7 Å². The van der Waals surface area contributed by atoms with Crippen molar-refractivity contribution >= 4 is 0 Å². The second-order valence-electron chi connectivity index (χ2n) is 4.57. The van der Waals surface area contributed by atoms with E-state index in [1.807, 2.05) is 43.5 Å². The van der Waals surface area contributed by atoms with Gasteiger partial charge in [-0.2, -0.15) is 5.10 Å². The molecule has 1 aromatic carbocycles. The van der Waals surface area contributed by atoms with Crippen LogP contribution in [0.15, 0.2) is 55.2 Å². The molecule has 1 unspecified atom stereocenters. The average Bonchev–Trinajstić information content (AvgIpc) is 3.16. The number of aromatic nitrogens is 4. The predicted molar refractivity (Wildman–Crippen MR) is 75.8 cm³/mol. The van der Waals surface area contributed by atoms with Gasteiger partial charge in [0.2, 0.25) is 0 Å². The number of nitrogens with one attached hydrogen (secondary N) is 1. The normalized spacial score (nSPS) is 12.4. The molecule has 5 nitrogen and oxygen atoms in total. The van der Waals surface area contributed by atoms with E-state index < -0.39 is 0 Å². The Labute approximate surface area is 117 Å². The lowest BCUT2D eigenvalue weighted by Crippen LogP contribution is -2.09. The van der Waals surface area contributed by atoms with Crippen LogP contribution < -0.4 is 0 Å². The van der Waals surface area contributed by atoms with Gasteiger partial charge in [0, 0.05) is 11.8 Å². The van der Waals surface area contributed by atoms with Gasteiger partial charge in [-0.1, -0.05) is 30.3 Å². The van der Waals surface area contributed by atoms with Crippen LogP contribution in [0.25, 0.3) is 11.3 Å². The average molecular weight is 268 g/mol. The summed E-state index contributed by atoms with van der Waals surface area (Å²) in [5, 5.41) is 4.33. The first-order valence-corrected chi connectivity index (χ1v) is 6.51. The maximum Gasteiger partial charge on any atom is 0.147 e. The first-order chi connectivity index (χ1) is 9.83. The minimum Gasteiger partial charge on any atom is -0.352 e. The summed E-state index contributed by atoms with van der Waals surface area (Å²) in [4.78, 5) is 7.06. The summed E-state index contributed by atoms with van der Waals surface area (Å²) >= 11 is 0. The van der Waals surface area contributed by atoms with Gasteiger partial charge in [0.1, 0.15) is 6.23 Å². The molecule has 0 bridgehead atoms. The molecule has 0 saturated carbocycles. The van der Waals surface area contributed by atoms with Crippen molar-refractivity contribution in [2.75, 3.05) is 0 Å². The maximum absolute atomic E-state index is 5.82. The maximum atomic E-state index is 5.82. The molecule has 1 atom stereocenters. The van der Waals surface area contributed by atoms with E-state index in [1.54, 1.807) is 23.4 Å². The van der Waals surface area contributed by atoms with Gasteiger partial charge in [0.25, 0.3) is 0 Å². The van der Waals surface area contributed by atoms with E-state index in [-0.39, 0.29) is 6.23 Å². The van der Waals surface area contributed by atoms with Crippen LogP contribution in [0.4, 0.5) is 0 Å². The fourth-order valence-corrected chi connectivity index (χ4v) is 1.96. The van der Waals surface area contributed by atoms with Crippen LogP contribution in [0, 0.1) is 0 Å². The Morgan fingerprint density at radius 2 is 2.10 bits per heavy atom. The number of hydrogen-bond donors (Lipinski definition) is 1. The first kappa shape index (κ1) is 12.6. The zero-order chi connectivity index (χ0) is 13.8. The minimum atomic E-state index is -0.119. The lowest BCUT2D eigenvalue weighted by atomic mass is 10.2. The van der Waals surface area contributed by atoms with Gasteiger partial charge in [-0.05, 0) is 12.5 Å². The third-order valence-corrected chi connectivity index (χ3v) is 3.12. The van der Waals surface area contributed by atoms with E-state index in [0.29, 0.717) is 6.61 Å². The van der Waals surface area contributed by atoms with Crippen molar-refractivity contribution in [2.24, 2.45) is 0 Å². The van der Waals surface area contributed by atoms with Gasteiger partial charge in [-0.15, -0.1) is 0 Å². The Morgan fingerprint density at radius 1 is 1.25 bits per heavy atom. The third kappa shape index (κ3) is 2.78. The molecular formula is C15H16N4O. The molecule has 1 N–H and O–H groups in total. The number of nitrogens with zero attached hydrogens (tertiary/aromatic N) is 3. The minimum absolute atomic E-state index is 0.119. The fourth-order valence-electron chi connectivity index (χ4n) is 1.96. The Balaban J connectivity index is 1.64. The summed E-state index contributed by atoms with van der Waals surface area (Å²) in [6.45, 7) is 2.55. The molecule has 0 aliphatic heterocycles. The Bertz CT molecular complexity index is 646. The molecule has 0 aliphatic carbocycles. The van der Waals surface area contributed by atoms with Crippen LogP contribution in [0.1, 0.15) is 18.7 Å². The van der Waals surface area contributed by atoms with Crippen LogP contribution in [-0.2, 0) is 11.3 Å². The summed E-state index contributed by atoms with van der Waals surface area (Å²) in [5.74, 6) is 0. The van der Waals surface area contributed by atoms with Crippen molar-refractivity contribution in [1.29, 1.82) is 0 Å². The molecule has 2 heterocycles. The largest absolute Gasteiger partial charge is 0.352 e. The van der Waals surface area contributed by atoms with Crippen LogP contribution in [0.5, 0.6) is 0 Å². The highest BCUT2D eigenvalue weighted by Gasteiger charge is 2.08. The van der Waals surface area contributed by atoms with E-state index in [9.17, 15) is 0 Å². The molecule has 0 radical (unpaired) electrons. The van der Waals surface area contributed by atoms with Crippen molar-refractivity contribution < 1.29 is 4.74 Å². The zero-order valence-corrected chi connectivity index (χ0v) is 11.2. The molecule has 102 valence electrons. The smallest absolute Gasteiger partial charge is 0.147 e. The molecule has 0 aliphatic rings. The Kier molecular flexibility index (Phi) is 3.60. The van der Waals surface area contributed by atoms with Gasteiger partial charge in [0.15, 0.2) is 0 Å². The Hall–Kier alpha value is -2.40. The van der Waals surface area contributed by atoms with Crippen molar-refractivity contribution in [3.63, 3.8) is 0 Å². The number of ether oxygens (including phenoxy) is 1. The van der Waals surface area contributed by atoms with E-state index in [4.69, 9.17) is 4.74 Å². The van der Waals surface area contributed by atoms with Crippen molar-refractivity contribution in [2.45, 2.75) is 19.8 Å². The lowest BCUT2D eigenvalue weighted by Gasteiger charge is -2.13. The molecule has 0 fully saturated rings. The van der Waals surface area contributed by atoms with Gasteiger partial charge >= 0.3 is 0 Å².